The van der Waals surface area contributed by atoms with Crippen LogP contribution >= 0.6 is 0 Å². The molecule has 0 radical (unpaired) electrons. The van der Waals surface area contributed by atoms with Crippen LogP contribution in [0, 0.1) is 17.3 Å². The smallest absolute Gasteiger partial charge is 0.0810 e. The quantitative estimate of drug-likeness (QED) is 0.229. The van der Waals surface area contributed by atoms with Gasteiger partial charge in [0.1, 0.15) is 0 Å². The van der Waals surface area contributed by atoms with E-state index < -0.39 is 0 Å². The van der Waals surface area contributed by atoms with Crippen LogP contribution in [0.25, 0.3) is 0 Å². The molecule has 0 unspecified atom stereocenters. The van der Waals surface area contributed by atoms with Crippen LogP contribution in [-0.4, -0.2) is 50.3 Å². The highest BCUT2D eigenvalue weighted by Gasteiger charge is 2.38. The van der Waals surface area contributed by atoms with Gasteiger partial charge in [0, 0.05) is 0 Å². The van der Waals surface area contributed by atoms with Crippen molar-refractivity contribution in [2.75, 3.05) is 39.6 Å². The van der Waals surface area contributed by atoms with Crippen LogP contribution in [0.2, 0.25) is 0 Å². The lowest BCUT2D eigenvalue weighted by Gasteiger charge is -2.43. The highest BCUT2D eigenvalue weighted by atomic mass is 16.6. The lowest BCUT2D eigenvalue weighted by Crippen LogP contribution is -2.33. The van der Waals surface area contributed by atoms with Crippen molar-refractivity contribution < 1.29 is 19.3 Å². The molecule has 0 amide bonds. The van der Waals surface area contributed by atoms with E-state index in [0.29, 0.717) is 44.9 Å². The van der Waals surface area contributed by atoms with Gasteiger partial charge in [-0.1, -0.05) is 49.0 Å². The Morgan fingerprint density at radius 2 is 1.77 bits per heavy atom. The summed E-state index contributed by atoms with van der Waals surface area (Å²) in [6.45, 7) is 21.6. The summed E-state index contributed by atoms with van der Waals surface area (Å²) >= 11 is 0. The number of hydrogen-bond acceptors (Lipinski definition) is 4. The normalized spacial score (nSPS) is 25.6. The summed E-state index contributed by atoms with van der Waals surface area (Å²) in [4.78, 5) is 0. The Labute approximate surface area is 184 Å². The van der Waals surface area contributed by atoms with E-state index in [2.05, 4.69) is 72.1 Å². The van der Waals surface area contributed by atoms with Crippen molar-refractivity contribution in [1.29, 1.82) is 0 Å². The van der Waals surface area contributed by atoms with Gasteiger partial charge >= 0.3 is 0 Å². The van der Waals surface area contributed by atoms with Crippen molar-refractivity contribution in [2.24, 2.45) is 17.3 Å². The van der Waals surface area contributed by atoms with Crippen LogP contribution in [0.15, 0.2) is 48.6 Å². The molecule has 172 valence electrons. The minimum atomic E-state index is -0.345. The third-order valence-electron chi connectivity index (χ3n) is 6.22. The van der Waals surface area contributed by atoms with Crippen LogP contribution in [0.1, 0.15) is 53.9 Å². The fraction of sp³-hybridized carbons (Fsp3) is 0.692. The van der Waals surface area contributed by atoms with E-state index in [0.717, 1.165) is 12.8 Å². The van der Waals surface area contributed by atoms with E-state index in [-0.39, 0.29) is 17.6 Å². The van der Waals surface area contributed by atoms with E-state index in [9.17, 15) is 0 Å². The average molecular weight is 421 g/mol. The molecule has 0 aliphatic heterocycles. The van der Waals surface area contributed by atoms with Gasteiger partial charge in [-0.3, -0.25) is 0 Å². The van der Waals surface area contributed by atoms with E-state index in [1.165, 1.54) is 17.6 Å². The molecule has 1 fully saturated rings. The minimum absolute atomic E-state index is 0.0426. The van der Waals surface area contributed by atoms with Gasteiger partial charge in [-0.2, -0.15) is 0 Å². The summed E-state index contributed by atoms with van der Waals surface area (Å²) in [5.74, 6) is 1.09. The lowest BCUT2D eigenvalue weighted by atomic mass is 9.61. The van der Waals surface area contributed by atoms with Crippen molar-refractivity contribution in [3.63, 3.8) is 0 Å². The van der Waals surface area contributed by atoms with Crippen LogP contribution in [0.3, 0.4) is 0 Å². The predicted molar refractivity (Wildman–Crippen MR) is 126 cm³/mol. The van der Waals surface area contributed by atoms with Crippen molar-refractivity contribution in [3.05, 3.63) is 48.6 Å². The molecule has 0 aromatic rings. The second-order valence-corrected chi connectivity index (χ2v) is 9.25. The first kappa shape index (κ1) is 26.8. The molecule has 1 rings (SSSR count). The van der Waals surface area contributed by atoms with Crippen molar-refractivity contribution >= 4 is 0 Å². The zero-order valence-electron chi connectivity index (χ0n) is 19.9. The average Bonchev–Trinajstić information content (AvgIpc) is 2.69. The Bertz CT molecular complexity index is 590. The van der Waals surface area contributed by atoms with Gasteiger partial charge in [-0.05, 0) is 64.2 Å². The second-order valence-electron chi connectivity index (χ2n) is 9.25. The van der Waals surface area contributed by atoms with Gasteiger partial charge in [0.05, 0.1) is 45.2 Å². The number of ether oxygens (including phenoxy) is 3. The molecule has 1 saturated carbocycles. The molecule has 4 heteroatoms. The number of aliphatic hydroxyl groups excluding tert-OH is 1. The summed E-state index contributed by atoms with van der Waals surface area (Å²) in [6.07, 6.45) is 12.1. The monoisotopic (exact) mass is 420 g/mol. The Morgan fingerprint density at radius 1 is 1.13 bits per heavy atom. The molecule has 0 aromatic carbocycles. The molecule has 4 nitrogen and oxygen atoms in total. The van der Waals surface area contributed by atoms with Crippen LogP contribution in [0.4, 0.5) is 0 Å². The van der Waals surface area contributed by atoms with Crippen molar-refractivity contribution in [2.45, 2.75) is 59.5 Å². The maximum Gasteiger partial charge on any atom is 0.0810 e. The fourth-order valence-corrected chi connectivity index (χ4v) is 4.12. The molecule has 1 aliphatic carbocycles. The van der Waals surface area contributed by atoms with E-state index >= 15 is 0 Å². The number of hydrogen-bond donors (Lipinski definition) is 1. The SMILES string of the molecule is C=C[C@@]1(C)CC[C@H](/C(C)=C/C=C/C(C)(C)OCCOCCOCCO)C[C@@H]1C(=C)C. The van der Waals surface area contributed by atoms with Crippen LogP contribution < -0.4 is 0 Å². The first-order chi connectivity index (χ1) is 14.1. The zero-order chi connectivity index (χ0) is 22.6. The predicted octanol–water partition coefficient (Wildman–Crippen LogP) is 5.49. The molecule has 0 spiro atoms. The van der Waals surface area contributed by atoms with Gasteiger partial charge in [-0.15, -0.1) is 6.58 Å². The van der Waals surface area contributed by atoms with Gasteiger partial charge in [0.25, 0.3) is 0 Å². The Hall–Kier alpha value is -1.20. The van der Waals surface area contributed by atoms with Gasteiger partial charge in [-0.25, -0.2) is 0 Å². The number of allylic oxidation sites excluding steroid dienone is 5. The highest BCUT2D eigenvalue weighted by Crippen LogP contribution is 2.48. The summed E-state index contributed by atoms with van der Waals surface area (Å²) < 4.78 is 16.6. The Kier molecular flexibility index (Phi) is 11.9. The first-order valence-electron chi connectivity index (χ1n) is 11.2. The highest BCUT2D eigenvalue weighted by molar-refractivity contribution is 5.20. The van der Waals surface area contributed by atoms with E-state index in [4.69, 9.17) is 19.3 Å². The van der Waals surface area contributed by atoms with Crippen molar-refractivity contribution in [1.82, 2.24) is 0 Å². The number of rotatable bonds is 14. The third-order valence-corrected chi connectivity index (χ3v) is 6.22. The molecular weight excluding hydrogens is 376 g/mol. The molecule has 0 aromatic heterocycles. The summed E-state index contributed by atoms with van der Waals surface area (Å²) in [6, 6.07) is 0. The lowest BCUT2D eigenvalue weighted by molar-refractivity contribution is -0.0308. The molecule has 0 saturated heterocycles. The number of aliphatic hydroxyl groups is 1. The van der Waals surface area contributed by atoms with Gasteiger partial charge in [0.2, 0.25) is 0 Å². The second kappa shape index (κ2) is 13.3. The minimum Gasteiger partial charge on any atom is -0.394 e. The molecular formula is C26H44O4. The first-order valence-corrected chi connectivity index (χ1v) is 11.2. The van der Waals surface area contributed by atoms with Gasteiger partial charge in [0.15, 0.2) is 0 Å². The Balaban J connectivity index is 2.46. The maximum atomic E-state index is 8.64. The van der Waals surface area contributed by atoms with Crippen LogP contribution in [0.5, 0.6) is 0 Å². The molecule has 3 atom stereocenters. The standard InChI is InChI=1S/C26H44O4/c1-8-26(7)13-11-23(20-24(26)21(2)3)22(4)10-9-12-25(5,6)30-19-18-29-17-16-28-15-14-27/h8-10,12,23-24,27H,1-2,11,13-20H2,3-7H3/b12-9+,22-10+/t23-,24+,26-/m0/s1. The molecule has 0 heterocycles. The maximum absolute atomic E-state index is 8.64. The topological polar surface area (TPSA) is 47.9 Å². The zero-order valence-corrected chi connectivity index (χ0v) is 19.9. The van der Waals surface area contributed by atoms with Crippen LogP contribution in [-0.2, 0) is 14.2 Å². The molecule has 0 bridgehead atoms. The Morgan fingerprint density at radius 3 is 2.37 bits per heavy atom. The van der Waals surface area contributed by atoms with E-state index in [1.807, 2.05) is 0 Å². The third kappa shape index (κ3) is 9.30. The molecule has 1 N–H and O–H groups in total. The van der Waals surface area contributed by atoms with E-state index in [1.54, 1.807) is 0 Å². The van der Waals surface area contributed by atoms with Gasteiger partial charge < -0.3 is 19.3 Å². The largest absolute Gasteiger partial charge is 0.394 e. The molecule has 30 heavy (non-hydrogen) atoms. The summed E-state index contributed by atoms with van der Waals surface area (Å²) in [5, 5.41) is 8.64. The summed E-state index contributed by atoms with van der Waals surface area (Å²) in [7, 11) is 0. The molecule has 1 aliphatic rings. The van der Waals surface area contributed by atoms with Crippen molar-refractivity contribution in [3.8, 4) is 0 Å². The summed E-state index contributed by atoms with van der Waals surface area (Å²) in [5.41, 5.74) is 2.51. The fourth-order valence-electron chi connectivity index (χ4n) is 4.12.